The molecule has 1 aromatic rings. The Hall–Kier alpha value is -1.05. The van der Waals surface area contributed by atoms with Crippen LogP contribution < -0.4 is 0 Å². The number of hydrogen-bond acceptors (Lipinski definition) is 3. The van der Waals surface area contributed by atoms with E-state index in [0.29, 0.717) is 0 Å². The average molecular weight is 191 g/mol. The van der Waals surface area contributed by atoms with Crippen LogP contribution in [0, 0.1) is 0 Å². The van der Waals surface area contributed by atoms with Crippen LogP contribution in [-0.2, 0) is 11.2 Å². The molecule has 2 nitrogen and oxygen atoms in total. The number of hydrogen-bond donors (Lipinski definition) is 0. The minimum Gasteiger partial charge on any atom is -0.211 e. The van der Waals surface area contributed by atoms with Crippen LogP contribution in [0.3, 0.4) is 0 Å². The third kappa shape index (κ3) is 1.67. The second kappa shape index (κ2) is 3.77. The van der Waals surface area contributed by atoms with Gasteiger partial charge in [-0.3, -0.25) is 0 Å². The molecule has 1 aliphatic heterocycles. The third-order valence-electron chi connectivity index (χ3n) is 2.14. The van der Waals surface area contributed by atoms with Crippen molar-refractivity contribution in [3.05, 3.63) is 35.4 Å². The number of aryl methyl sites for hydroxylation is 1. The van der Waals surface area contributed by atoms with Crippen LogP contribution in [0.1, 0.15) is 16.5 Å². The fraction of sp³-hybridized carbons (Fsp3) is 0.300. The molecule has 0 aromatic heterocycles. The smallest absolute Gasteiger partial charge is 0.211 e. The highest BCUT2D eigenvalue weighted by atomic mass is 32.2. The topological polar surface area (TPSA) is 29.4 Å². The second-order valence-corrected chi connectivity index (χ2v) is 4.08. The third-order valence-corrected chi connectivity index (χ3v) is 3.25. The van der Waals surface area contributed by atoms with Crippen molar-refractivity contribution in [2.24, 2.45) is 4.99 Å². The number of benzene rings is 1. The van der Waals surface area contributed by atoms with Crippen LogP contribution in [0.15, 0.2) is 29.3 Å². The van der Waals surface area contributed by atoms with Crippen molar-refractivity contribution < 1.29 is 4.79 Å². The SMILES string of the molecule is O=C=NC1SCCc2ccccc21. The molecular formula is C10H9NOS. The van der Waals surface area contributed by atoms with E-state index < -0.39 is 0 Å². The van der Waals surface area contributed by atoms with Crippen molar-refractivity contribution in [2.75, 3.05) is 5.75 Å². The maximum atomic E-state index is 10.2. The number of nitrogens with zero attached hydrogens (tertiary/aromatic N) is 1. The fourth-order valence-electron chi connectivity index (χ4n) is 1.53. The first kappa shape index (κ1) is 8.54. The predicted octanol–water partition coefficient (Wildman–Crippen LogP) is 2.31. The van der Waals surface area contributed by atoms with Gasteiger partial charge in [-0.25, -0.2) is 4.79 Å². The number of carbonyl (C=O) groups excluding carboxylic acids is 1. The monoisotopic (exact) mass is 191 g/mol. The van der Waals surface area contributed by atoms with Gasteiger partial charge in [-0.1, -0.05) is 24.3 Å². The van der Waals surface area contributed by atoms with E-state index in [1.807, 2.05) is 18.2 Å². The molecule has 1 aromatic carbocycles. The van der Waals surface area contributed by atoms with Gasteiger partial charge < -0.3 is 0 Å². The zero-order valence-electron chi connectivity index (χ0n) is 7.06. The lowest BCUT2D eigenvalue weighted by Crippen LogP contribution is -2.06. The molecule has 0 aliphatic carbocycles. The number of aliphatic imine (C=N–C) groups is 1. The lowest BCUT2D eigenvalue weighted by Gasteiger charge is -2.20. The summed E-state index contributed by atoms with van der Waals surface area (Å²) in [4.78, 5) is 14.0. The van der Waals surface area contributed by atoms with E-state index >= 15 is 0 Å². The second-order valence-electron chi connectivity index (χ2n) is 2.89. The van der Waals surface area contributed by atoms with Gasteiger partial charge in [0, 0.05) is 0 Å². The first-order valence-electron chi connectivity index (χ1n) is 4.18. The summed E-state index contributed by atoms with van der Waals surface area (Å²) in [6, 6.07) is 8.14. The standard InChI is InChI=1S/C10H9NOS/c12-7-11-10-9-4-2-1-3-8(9)5-6-13-10/h1-4,10H,5-6H2. The largest absolute Gasteiger partial charge is 0.236 e. The molecule has 1 atom stereocenters. The Morgan fingerprint density at radius 1 is 1.46 bits per heavy atom. The quantitative estimate of drug-likeness (QED) is 0.503. The molecule has 1 unspecified atom stereocenters. The zero-order chi connectivity index (χ0) is 9.10. The lowest BCUT2D eigenvalue weighted by atomic mass is 10.1. The summed E-state index contributed by atoms with van der Waals surface area (Å²) in [7, 11) is 0. The van der Waals surface area contributed by atoms with E-state index in [2.05, 4.69) is 11.1 Å². The van der Waals surface area contributed by atoms with E-state index in [1.165, 1.54) is 11.1 Å². The van der Waals surface area contributed by atoms with Gasteiger partial charge in [0.15, 0.2) is 0 Å². The molecule has 66 valence electrons. The van der Waals surface area contributed by atoms with Crippen LogP contribution >= 0.6 is 11.8 Å². The minimum absolute atomic E-state index is 0.0255. The lowest BCUT2D eigenvalue weighted by molar-refractivity contribution is 0.562. The summed E-state index contributed by atoms with van der Waals surface area (Å²) >= 11 is 1.70. The Balaban J connectivity index is 2.42. The fourth-order valence-corrected chi connectivity index (χ4v) is 2.62. The van der Waals surface area contributed by atoms with Crippen molar-refractivity contribution >= 4 is 17.8 Å². The molecule has 0 fully saturated rings. The Morgan fingerprint density at radius 3 is 3.15 bits per heavy atom. The van der Waals surface area contributed by atoms with Crippen molar-refractivity contribution in [1.82, 2.24) is 0 Å². The molecule has 13 heavy (non-hydrogen) atoms. The van der Waals surface area contributed by atoms with Crippen molar-refractivity contribution in [1.29, 1.82) is 0 Å². The van der Waals surface area contributed by atoms with Crippen LogP contribution in [0.2, 0.25) is 0 Å². The molecule has 1 heterocycles. The molecule has 0 saturated heterocycles. The van der Waals surface area contributed by atoms with Crippen LogP contribution in [0.4, 0.5) is 0 Å². The van der Waals surface area contributed by atoms with Crippen LogP contribution in [0.25, 0.3) is 0 Å². The highest BCUT2D eigenvalue weighted by molar-refractivity contribution is 7.99. The highest BCUT2D eigenvalue weighted by Gasteiger charge is 2.18. The zero-order valence-corrected chi connectivity index (χ0v) is 7.88. The van der Waals surface area contributed by atoms with Crippen LogP contribution in [-0.4, -0.2) is 11.8 Å². The first-order valence-corrected chi connectivity index (χ1v) is 5.23. The van der Waals surface area contributed by atoms with Gasteiger partial charge in [0.25, 0.3) is 0 Å². The molecule has 0 bridgehead atoms. The maximum absolute atomic E-state index is 10.2. The number of rotatable bonds is 1. The summed E-state index contributed by atoms with van der Waals surface area (Å²) in [6.07, 6.45) is 2.71. The minimum atomic E-state index is -0.0255. The predicted molar refractivity (Wildman–Crippen MR) is 53.5 cm³/mol. The van der Waals surface area contributed by atoms with Crippen molar-refractivity contribution in [2.45, 2.75) is 11.8 Å². The summed E-state index contributed by atoms with van der Waals surface area (Å²) in [5.74, 6) is 1.03. The van der Waals surface area contributed by atoms with Gasteiger partial charge in [0.1, 0.15) is 5.37 Å². The molecule has 0 radical (unpaired) electrons. The first-order chi connectivity index (χ1) is 6.42. The number of isocyanates is 1. The van der Waals surface area contributed by atoms with Gasteiger partial charge >= 0.3 is 0 Å². The van der Waals surface area contributed by atoms with Crippen molar-refractivity contribution in [3.63, 3.8) is 0 Å². The molecule has 0 spiro atoms. The molecule has 0 N–H and O–H groups in total. The molecule has 3 heteroatoms. The Kier molecular flexibility index (Phi) is 2.48. The Bertz CT molecular complexity index is 358. The van der Waals surface area contributed by atoms with Gasteiger partial charge in [-0.15, -0.1) is 11.8 Å². The Morgan fingerprint density at radius 2 is 2.31 bits per heavy atom. The van der Waals surface area contributed by atoms with E-state index in [-0.39, 0.29) is 5.37 Å². The van der Waals surface area contributed by atoms with E-state index in [1.54, 1.807) is 17.8 Å². The van der Waals surface area contributed by atoms with Gasteiger partial charge in [-0.05, 0) is 23.3 Å². The molecule has 0 amide bonds. The molecule has 1 aliphatic rings. The van der Waals surface area contributed by atoms with Gasteiger partial charge in [0.05, 0.1) is 0 Å². The normalized spacial score (nSPS) is 20.2. The summed E-state index contributed by atoms with van der Waals surface area (Å²) in [6.45, 7) is 0. The Labute approximate surface area is 81.1 Å². The highest BCUT2D eigenvalue weighted by Crippen LogP contribution is 2.36. The number of thioether (sulfide) groups is 1. The number of fused-ring (bicyclic) bond motifs is 1. The molecule has 0 saturated carbocycles. The molecular weight excluding hydrogens is 182 g/mol. The summed E-state index contributed by atoms with van der Waals surface area (Å²) < 4.78 is 0. The van der Waals surface area contributed by atoms with Crippen LogP contribution in [0.5, 0.6) is 0 Å². The van der Waals surface area contributed by atoms with Crippen molar-refractivity contribution in [3.8, 4) is 0 Å². The maximum Gasteiger partial charge on any atom is 0.236 e. The average Bonchev–Trinajstić information content (AvgIpc) is 2.19. The summed E-state index contributed by atoms with van der Waals surface area (Å²) in [5.41, 5.74) is 2.48. The van der Waals surface area contributed by atoms with E-state index in [9.17, 15) is 4.79 Å². The van der Waals surface area contributed by atoms with Gasteiger partial charge in [-0.2, -0.15) is 4.99 Å². The summed E-state index contributed by atoms with van der Waals surface area (Å²) in [5, 5.41) is -0.0255. The molecule has 2 rings (SSSR count). The van der Waals surface area contributed by atoms with E-state index in [4.69, 9.17) is 0 Å². The van der Waals surface area contributed by atoms with E-state index in [0.717, 1.165) is 12.2 Å². The van der Waals surface area contributed by atoms with Gasteiger partial charge in [0.2, 0.25) is 6.08 Å².